The van der Waals surface area contributed by atoms with Crippen LogP contribution in [0, 0.1) is 5.92 Å². The molecule has 1 amide bonds. The molecular weight excluding hydrogens is 310 g/mol. The van der Waals surface area contributed by atoms with Gasteiger partial charge in [-0.2, -0.15) is 0 Å². The lowest BCUT2D eigenvalue weighted by atomic mass is 10.1. The highest BCUT2D eigenvalue weighted by atomic mass is 32.1. The molecule has 2 heterocycles. The van der Waals surface area contributed by atoms with E-state index in [1.807, 2.05) is 29.6 Å². The van der Waals surface area contributed by atoms with Crippen molar-refractivity contribution in [1.29, 1.82) is 0 Å². The molecule has 1 atom stereocenters. The number of benzene rings is 1. The first kappa shape index (κ1) is 16.0. The second-order valence-corrected chi connectivity index (χ2v) is 6.45. The van der Waals surface area contributed by atoms with Crippen LogP contribution in [0.15, 0.2) is 29.6 Å². The minimum absolute atomic E-state index is 0.0531. The number of aromatic nitrogens is 1. The van der Waals surface area contributed by atoms with Crippen LogP contribution >= 0.6 is 11.3 Å². The standard InChI is InChI=1S/C17H21N3O2S/c1-2-9-22-14-5-3-12(4-6-14)15-11-23-17(19-15)20-16(21)13-7-8-18-10-13/h3-6,11,13,18H,2,7-10H2,1H3,(H,19,20,21). The summed E-state index contributed by atoms with van der Waals surface area (Å²) in [7, 11) is 0. The Hall–Kier alpha value is -1.92. The maximum atomic E-state index is 12.1. The Bertz CT molecular complexity index is 648. The van der Waals surface area contributed by atoms with Crippen LogP contribution in [-0.4, -0.2) is 30.6 Å². The predicted octanol–water partition coefficient (Wildman–Crippen LogP) is 3.15. The van der Waals surface area contributed by atoms with Gasteiger partial charge in [-0.05, 0) is 43.7 Å². The lowest BCUT2D eigenvalue weighted by molar-refractivity contribution is -0.119. The number of hydrogen-bond acceptors (Lipinski definition) is 5. The number of nitrogens with zero attached hydrogens (tertiary/aromatic N) is 1. The molecule has 1 unspecified atom stereocenters. The van der Waals surface area contributed by atoms with Gasteiger partial charge in [-0.15, -0.1) is 11.3 Å². The molecule has 1 aromatic heterocycles. The molecule has 0 saturated carbocycles. The molecule has 2 aromatic rings. The zero-order chi connectivity index (χ0) is 16.1. The Morgan fingerprint density at radius 1 is 1.43 bits per heavy atom. The second-order valence-electron chi connectivity index (χ2n) is 5.59. The van der Waals surface area contributed by atoms with Gasteiger partial charge in [0.15, 0.2) is 5.13 Å². The summed E-state index contributed by atoms with van der Waals surface area (Å²) in [5, 5.41) is 8.74. The van der Waals surface area contributed by atoms with Gasteiger partial charge in [0.05, 0.1) is 18.2 Å². The third-order valence-corrected chi connectivity index (χ3v) is 4.55. The normalized spacial score (nSPS) is 17.2. The molecule has 1 fully saturated rings. The number of carbonyl (C=O) groups is 1. The number of amides is 1. The van der Waals surface area contributed by atoms with Crippen LogP contribution in [-0.2, 0) is 4.79 Å². The zero-order valence-electron chi connectivity index (χ0n) is 13.2. The monoisotopic (exact) mass is 331 g/mol. The molecule has 0 aliphatic carbocycles. The van der Waals surface area contributed by atoms with E-state index in [9.17, 15) is 4.79 Å². The van der Waals surface area contributed by atoms with Crippen LogP contribution in [0.25, 0.3) is 11.3 Å². The fourth-order valence-corrected chi connectivity index (χ4v) is 3.21. The number of hydrogen-bond donors (Lipinski definition) is 2. The van der Waals surface area contributed by atoms with Crippen LogP contribution in [0.1, 0.15) is 19.8 Å². The van der Waals surface area contributed by atoms with E-state index in [1.165, 1.54) is 11.3 Å². The van der Waals surface area contributed by atoms with Gasteiger partial charge >= 0.3 is 0 Å². The van der Waals surface area contributed by atoms with Crippen molar-refractivity contribution in [2.45, 2.75) is 19.8 Å². The van der Waals surface area contributed by atoms with Gasteiger partial charge in [0, 0.05) is 17.5 Å². The molecule has 122 valence electrons. The zero-order valence-corrected chi connectivity index (χ0v) is 14.0. The van der Waals surface area contributed by atoms with E-state index < -0.39 is 0 Å². The number of ether oxygens (including phenoxy) is 1. The SMILES string of the molecule is CCCOc1ccc(-c2csc(NC(=O)C3CCNC3)n2)cc1. The van der Waals surface area contributed by atoms with E-state index in [0.29, 0.717) is 5.13 Å². The Balaban J connectivity index is 1.63. The fourth-order valence-electron chi connectivity index (χ4n) is 2.49. The highest BCUT2D eigenvalue weighted by Crippen LogP contribution is 2.27. The maximum Gasteiger partial charge on any atom is 0.230 e. The molecular formula is C17H21N3O2S. The Morgan fingerprint density at radius 3 is 2.96 bits per heavy atom. The van der Waals surface area contributed by atoms with Gasteiger partial charge < -0.3 is 15.4 Å². The van der Waals surface area contributed by atoms with Crippen molar-refractivity contribution in [1.82, 2.24) is 10.3 Å². The quantitative estimate of drug-likeness (QED) is 0.853. The first-order chi connectivity index (χ1) is 11.3. The van der Waals surface area contributed by atoms with E-state index in [4.69, 9.17) is 4.74 Å². The summed E-state index contributed by atoms with van der Waals surface area (Å²) < 4.78 is 5.58. The predicted molar refractivity (Wildman–Crippen MR) is 92.9 cm³/mol. The molecule has 5 nitrogen and oxygen atoms in total. The first-order valence-electron chi connectivity index (χ1n) is 7.96. The molecule has 1 aliphatic rings. The summed E-state index contributed by atoms with van der Waals surface area (Å²) in [6.07, 6.45) is 1.89. The van der Waals surface area contributed by atoms with E-state index in [1.54, 1.807) is 0 Å². The maximum absolute atomic E-state index is 12.1. The summed E-state index contributed by atoms with van der Waals surface area (Å²) in [5.41, 5.74) is 1.89. The third-order valence-electron chi connectivity index (χ3n) is 3.79. The molecule has 0 spiro atoms. The summed E-state index contributed by atoms with van der Waals surface area (Å²) in [4.78, 5) is 16.6. The summed E-state index contributed by atoms with van der Waals surface area (Å²) in [5.74, 6) is 0.977. The summed E-state index contributed by atoms with van der Waals surface area (Å²) in [6.45, 7) is 4.47. The minimum atomic E-state index is 0.0531. The fraction of sp³-hybridized carbons (Fsp3) is 0.412. The van der Waals surface area contributed by atoms with Gasteiger partial charge in [0.1, 0.15) is 5.75 Å². The third kappa shape index (κ3) is 4.09. The molecule has 1 aromatic carbocycles. The topological polar surface area (TPSA) is 63.2 Å². The summed E-state index contributed by atoms with van der Waals surface area (Å²) in [6, 6.07) is 7.89. The Labute approximate surface area is 140 Å². The molecule has 0 radical (unpaired) electrons. The van der Waals surface area contributed by atoms with Crippen LogP contribution in [0.5, 0.6) is 5.75 Å². The van der Waals surface area contributed by atoms with Gasteiger partial charge in [-0.1, -0.05) is 6.92 Å². The molecule has 1 saturated heterocycles. The van der Waals surface area contributed by atoms with Gasteiger partial charge in [0.2, 0.25) is 5.91 Å². The molecule has 0 bridgehead atoms. The minimum Gasteiger partial charge on any atom is -0.494 e. The number of rotatable bonds is 6. The van der Waals surface area contributed by atoms with Gasteiger partial charge in [0.25, 0.3) is 0 Å². The molecule has 1 aliphatic heterocycles. The highest BCUT2D eigenvalue weighted by Gasteiger charge is 2.23. The molecule has 2 N–H and O–H groups in total. The molecule has 6 heteroatoms. The lowest BCUT2D eigenvalue weighted by Gasteiger charge is -2.07. The molecule has 3 rings (SSSR count). The van der Waals surface area contributed by atoms with E-state index in [2.05, 4.69) is 22.5 Å². The van der Waals surface area contributed by atoms with E-state index in [-0.39, 0.29) is 11.8 Å². The average molecular weight is 331 g/mol. The second kappa shape index (κ2) is 7.57. The van der Waals surface area contributed by atoms with Crippen molar-refractivity contribution in [2.24, 2.45) is 5.92 Å². The van der Waals surface area contributed by atoms with Crippen LogP contribution in [0.4, 0.5) is 5.13 Å². The van der Waals surface area contributed by atoms with Crippen LogP contribution in [0.2, 0.25) is 0 Å². The Morgan fingerprint density at radius 2 is 2.26 bits per heavy atom. The van der Waals surface area contributed by atoms with Crippen molar-refractivity contribution in [3.05, 3.63) is 29.6 Å². The van der Waals surface area contributed by atoms with Crippen molar-refractivity contribution >= 4 is 22.4 Å². The van der Waals surface area contributed by atoms with Crippen molar-refractivity contribution in [3.63, 3.8) is 0 Å². The van der Waals surface area contributed by atoms with E-state index in [0.717, 1.165) is 49.5 Å². The van der Waals surface area contributed by atoms with Crippen molar-refractivity contribution in [3.8, 4) is 17.0 Å². The average Bonchev–Trinajstić information content (AvgIpc) is 3.25. The van der Waals surface area contributed by atoms with Crippen molar-refractivity contribution < 1.29 is 9.53 Å². The van der Waals surface area contributed by atoms with Crippen LogP contribution < -0.4 is 15.4 Å². The number of thiazole rings is 1. The van der Waals surface area contributed by atoms with E-state index >= 15 is 0 Å². The number of anilines is 1. The largest absolute Gasteiger partial charge is 0.494 e. The first-order valence-corrected chi connectivity index (χ1v) is 8.84. The lowest BCUT2D eigenvalue weighted by Crippen LogP contribution is -2.24. The van der Waals surface area contributed by atoms with Gasteiger partial charge in [-0.25, -0.2) is 4.98 Å². The Kier molecular flexibility index (Phi) is 5.25. The molecule has 23 heavy (non-hydrogen) atoms. The number of nitrogens with one attached hydrogen (secondary N) is 2. The summed E-state index contributed by atoms with van der Waals surface area (Å²) >= 11 is 1.45. The highest BCUT2D eigenvalue weighted by molar-refractivity contribution is 7.14. The van der Waals surface area contributed by atoms with Crippen molar-refractivity contribution in [2.75, 3.05) is 25.0 Å². The smallest absolute Gasteiger partial charge is 0.230 e. The number of carbonyl (C=O) groups excluding carboxylic acids is 1. The van der Waals surface area contributed by atoms with Gasteiger partial charge in [-0.3, -0.25) is 4.79 Å². The van der Waals surface area contributed by atoms with Crippen LogP contribution in [0.3, 0.4) is 0 Å².